The van der Waals surface area contributed by atoms with Crippen molar-refractivity contribution in [3.8, 4) is 0 Å². The van der Waals surface area contributed by atoms with Gasteiger partial charge in [-0.15, -0.1) is 19.0 Å². The fraction of sp³-hybridized carbons (Fsp3) is 0.250. The molecule has 0 aromatic heterocycles. The summed E-state index contributed by atoms with van der Waals surface area (Å²) in [7, 11) is 0. The number of hydrogen-bond acceptors (Lipinski definition) is 2. The minimum absolute atomic E-state index is 0. The third kappa shape index (κ3) is 4.47. The predicted octanol–water partition coefficient (Wildman–Crippen LogP) is 1.58. The molecule has 0 radical (unpaired) electrons. The van der Waals surface area contributed by atoms with Gasteiger partial charge in [0.15, 0.2) is 0 Å². The van der Waals surface area contributed by atoms with Crippen LogP contribution in [0.3, 0.4) is 0 Å². The van der Waals surface area contributed by atoms with Crippen LogP contribution in [0.15, 0.2) is 43.0 Å². The molecule has 0 atom stereocenters. The lowest BCUT2D eigenvalue weighted by molar-refractivity contribution is -0.129. The Kier molecular flexibility index (Phi) is 7.25. The van der Waals surface area contributed by atoms with E-state index in [4.69, 9.17) is 5.73 Å². The Morgan fingerprint density at radius 2 is 2.00 bits per heavy atom. The van der Waals surface area contributed by atoms with Gasteiger partial charge in [0.25, 0.3) is 0 Å². The Bertz CT molecular complexity index is 327. The van der Waals surface area contributed by atoms with Gasteiger partial charge in [-0.25, -0.2) is 0 Å². The van der Waals surface area contributed by atoms with Crippen molar-refractivity contribution in [2.24, 2.45) is 5.73 Å². The highest BCUT2D eigenvalue weighted by molar-refractivity contribution is 5.85. The van der Waals surface area contributed by atoms with E-state index in [2.05, 4.69) is 6.58 Å². The molecule has 1 aromatic rings. The maximum Gasteiger partial charge on any atom is 0.236 e. The van der Waals surface area contributed by atoms with Crippen LogP contribution in [0.4, 0.5) is 0 Å². The maximum atomic E-state index is 11.5. The van der Waals surface area contributed by atoms with Crippen LogP contribution in [-0.4, -0.2) is 23.9 Å². The molecule has 0 fully saturated rings. The van der Waals surface area contributed by atoms with E-state index in [0.29, 0.717) is 13.1 Å². The summed E-state index contributed by atoms with van der Waals surface area (Å²) in [6.07, 6.45) is 1.70. The lowest BCUT2D eigenvalue weighted by Crippen LogP contribution is -2.35. The van der Waals surface area contributed by atoms with Crippen molar-refractivity contribution in [2.45, 2.75) is 6.54 Å². The molecule has 4 heteroatoms. The molecule has 1 rings (SSSR count). The summed E-state index contributed by atoms with van der Waals surface area (Å²) in [5.41, 5.74) is 6.43. The van der Waals surface area contributed by atoms with Crippen molar-refractivity contribution in [2.75, 3.05) is 13.1 Å². The molecule has 0 aliphatic carbocycles. The summed E-state index contributed by atoms with van der Waals surface area (Å²) < 4.78 is 0. The Labute approximate surface area is 102 Å². The molecule has 88 valence electrons. The van der Waals surface area contributed by atoms with Crippen LogP contribution in [0.5, 0.6) is 0 Å². The van der Waals surface area contributed by atoms with Gasteiger partial charge in [-0.3, -0.25) is 4.79 Å². The second-order valence-corrected chi connectivity index (χ2v) is 3.25. The lowest BCUT2D eigenvalue weighted by Gasteiger charge is -2.20. The van der Waals surface area contributed by atoms with E-state index in [1.807, 2.05) is 30.3 Å². The molecule has 16 heavy (non-hydrogen) atoms. The molecule has 2 N–H and O–H groups in total. The number of carbonyl (C=O) groups excluding carboxylic acids is 1. The molecule has 0 unspecified atom stereocenters. The molecule has 0 aliphatic heterocycles. The van der Waals surface area contributed by atoms with Crippen molar-refractivity contribution >= 4 is 18.3 Å². The van der Waals surface area contributed by atoms with Crippen molar-refractivity contribution in [3.63, 3.8) is 0 Å². The minimum Gasteiger partial charge on any atom is -0.334 e. The Balaban J connectivity index is 0.00000225. The fourth-order valence-electron chi connectivity index (χ4n) is 1.34. The van der Waals surface area contributed by atoms with Crippen LogP contribution in [-0.2, 0) is 11.3 Å². The lowest BCUT2D eigenvalue weighted by atomic mass is 10.2. The molecule has 0 saturated carbocycles. The molecular formula is C12H17ClN2O. The smallest absolute Gasteiger partial charge is 0.236 e. The molecule has 1 amide bonds. The normalized spacial score (nSPS) is 9.06. The highest BCUT2D eigenvalue weighted by atomic mass is 35.5. The van der Waals surface area contributed by atoms with Crippen LogP contribution in [0.25, 0.3) is 0 Å². The van der Waals surface area contributed by atoms with Gasteiger partial charge < -0.3 is 10.6 Å². The molecule has 0 saturated heterocycles. The SMILES string of the molecule is C=CCN(Cc1ccccc1)C(=O)CN.Cl. The number of carbonyl (C=O) groups is 1. The van der Waals surface area contributed by atoms with Crippen LogP contribution >= 0.6 is 12.4 Å². The van der Waals surface area contributed by atoms with Crippen molar-refractivity contribution in [3.05, 3.63) is 48.6 Å². The number of halogens is 1. The Morgan fingerprint density at radius 3 is 2.50 bits per heavy atom. The fourth-order valence-corrected chi connectivity index (χ4v) is 1.34. The van der Waals surface area contributed by atoms with Crippen molar-refractivity contribution < 1.29 is 4.79 Å². The number of nitrogens with zero attached hydrogens (tertiary/aromatic N) is 1. The second kappa shape index (κ2) is 7.91. The summed E-state index contributed by atoms with van der Waals surface area (Å²) in [5, 5.41) is 0. The zero-order valence-corrected chi connectivity index (χ0v) is 9.95. The maximum absolute atomic E-state index is 11.5. The van der Waals surface area contributed by atoms with Gasteiger partial charge in [0.05, 0.1) is 6.54 Å². The van der Waals surface area contributed by atoms with E-state index in [0.717, 1.165) is 5.56 Å². The first kappa shape index (κ1) is 14.7. The Hall–Kier alpha value is -1.32. The van der Waals surface area contributed by atoms with Crippen LogP contribution in [0.2, 0.25) is 0 Å². The summed E-state index contributed by atoms with van der Waals surface area (Å²) >= 11 is 0. The number of rotatable bonds is 5. The second-order valence-electron chi connectivity index (χ2n) is 3.25. The molecule has 3 nitrogen and oxygen atoms in total. The largest absolute Gasteiger partial charge is 0.334 e. The topological polar surface area (TPSA) is 46.3 Å². The summed E-state index contributed by atoms with van der Waals surface area (Å²) in [6, 6.07) is 9.83. The van der Waals surface area contributed by atoms with Gasteiger partial charge in [0.1, 0.15) is 0 Å². The Morgan fingerprint density at radius 1 is 1.38 bits per heavy atom. The van der Waals surface area contributed by atoms with Gasteiger partial charge in [0, 0.05) is 13.1 Å². The zero-order valence-electron chi connectivity index (χ0n) is 9.13. The number of benzene rings is 1. The van der Waals surface area contributed by atoms with Crippen LogP contribution in [0, 0.1) is 0 Å². The average Bonchev–Trinajstić information content (AvgIpc) is 2.29. The van der Waals surface area contributed by atoms with E-state index < -0.39 is 0 Å². The van der Waals surface area contributed by atoms with Gasteiger partial charge in [0.2, 0.25) is 5.91 Å². The van der Waals surface area contributed by atoms with E-state index in [-0.39, 0.29) is 24.9 Å². The van der Waals surface area contributed by atoms with E-state index in [1.165, 1.54) is 0 Å². The first-order valence-corrected chi connectivity index (χ1v) is 4.90. The standard InChI is InChI=1S/C12H16N2O.ClH/c1-2-8-14(12(15)9-13)10-11-6-4-3-5-7-11;/h2-7H,1,8-10,13H2;1H. The minimum atomic E-state index is -0.0567. The third-order valence-electron chi connectivity index (χ3n) is 2.09. The monoisotopic (exact) mass is 240 g/mol. The number of nitrogens with two attached hydrogens (primary N) is 1. The van der Waals surface area contributed by atoms with Gasteiger partial charge in [-0.2, -0.15) is 0 Å². The highest BCUT2D eigenvalue weighted by Gasteiger charge is 2.09. The van der Waals surface area contributed by atoms with Crippen LogP contribution in [0.1, 0.15) is 5.56 Å². The zero-order chi connectivity index (χ0) is 11.1. The molecule has 0 aliphatic rings. The van der Waals surface area contributed by atoms with E-state index >= 15 is 0 Å². The first-order valence-electron chi connectivity index (χ1n) is 4.90. The van der Waals surface area contributed by atoms with Crippen LogP contribution < -0.4 is 5.73 Å². The third-order valence-corrected chi connectivity index (χ3v) is 2.09. The summed E-state index contributed by atoms with van der Waals surface area (Å²) in [6.45, 7) is 4.79. The van der Waals surface area contributed by atoms with E-state index in [9.17, 15) is 4.79 Å². The summed E-state index contributed by atoms with van der Waals surface area (Å²) in [4.78, 5) is 13.1. The number of hydrogen-bond donors (Lipinski definition) is 1. The molecule has 0 spiro atoms. The highest BCUT2D eigenvalue weighted by Crippen LogP contribution is 2.04. The molecule has 0 bridgehead atoms. The van der Waals surface area contributed by atoms with Gasteiger partial charge in [-0.05, 0) is 5.56 Å². The number of amides is 1. The van der Waals surface area contributed by atoms with Crippen molar-refractivity contribution in [1.82, 2.24) is 4.90 Å². The molecular weight excluding hydrogens is 224 g/mol. The van der Waals surface area contributed by atoms with E-state index in [1.54, 1.807) is 11.0 Å². The van der Waals surface area contributed by atoms with Gasteiger partial charge >= 0.3 is 0 Å². The quantitative estimate of drug-likeness (QED) is 0.795. The summed E-state index contributed by atoms with van der Waals surface area (Å²) in [5.74, 6) is -0.0567. The van der Waals surface area contributed by atoms with Crippen molar-refractivity contribution in [1.29, 1.82) is 0 Å². The molecule has 0 heterocycles. The predicted molar refractivity (Wildman–Crippen MR) is 68.4 cm³/mol. The van der Waals surface area contributed by atoms with Gasteiger partial charge in [-0.1, -0.05) is 36.4 Å². The molecule has 1 aromatic carbocycles. The average molecular weight is 241 g/mol. The first-order chi connectivity index (χ1) is 7.27.